The standard InChI is InChI=1S/C20H25N5O4/c1-28-15-4-2-3-14(9-15)11-20(19(27)24-5-7-29-8-6-24)12-25(13-20)18(26)16-10-17(21)23-22-16/h2-4,9-10H,5-8,11-13H2,1H3,(H3,21,22,23). The fourth-order valence-corrected chi connectivity index (χ4v) is 4.04. The van der Waals surface area contributed by atoms with Gasteiger partial charge in [0.15, 0.2) is 0 Å². The van der Waals surface area contributed by atoms with Gasteiger partial charge in [-0.15, -0.1) is 0 Å². The summed E-state index contributed by atoms with van der Waals surface area (Å²) in [6.45, 7) is 2.91. The summed E-state index contributed by atoms with van der Waals surface area (Å²) in [6.07, 6.45) is 0.537. The Kier molecular flexibility index (Phi) is 5.14. The van der Waals surface area contributed by atoms with Gasteiger partial charge < -0.3 is 25.0 Å². The summed E-state index contributed by atoms with van der Waals surface area (Å²) in [5.41, 5.74) is 6.28. The molecule has 0 unspecified atom stereocenters. The molecule has 9 heteroatoms. The van der Waals surface area contributed by atoms with Crippen molar-refractivity contribution in [2.75, 3.05) is 52.2 Å². The molecule has 154 valence electrons. The van der Waals surface area contributed by atoms with Gasteiger partial charge in [-0.3, -0.25) is 14.7 Å². The third-order valence-corrected chi connectivity index (χ3v) is 5.53. The number of nitrogens with two attached hydrogens (primary N) is 1. The van der Waals surface area contributed by atoms with Gasteiger partial charge in [-0.1, -0.05) is 12.1 Å². The van der Waals surface area contributed by atoms with E-state index in [9.17, 15) is 9.59 Å². The number of amides is 2. The SMILES string of the molecule is COc1cccc(CC2(C(=O)N3CCOCC3)CN(C(=O)c3cc(N)n[nH]3)C2)c1. The van der Waals surface area contributed by atoms with E-state index >= 15 is 0 Å². The number of carbonyl (C=O) groups is 2. The molecule has 0 bridgehead atoms. The molecule has 2 aromatic rings. The Morgan fingerprint density at radius 1 is 1.24 bits per heavy atom. The second-order valence-corrected chi connectivity index (χ2v) is 7.58. The van der Waals surface area contributed by atoms with Gasteiger partial charge in [-0.05, 0) is 24.1 Å². The highest BCUT2D eigenvalue weighted by Crippen LogP contribution is 2.38. The Hall–Kier alpha value is -3.07. The van der Waals surface area contributed by atoms with Crippen molar-refractivity contribution in [2.24, 2.45) is 5.41 Å². The van der Waals surface area contributed by atoms with Crippen LogP contribution in [0.5, 0.6) is 5.75 Å². The number of carbonyl (C=O) groups excluding carboxylic acids is 2. The number of morpholine rings is 1. The molecule has 2 fully saturated rings. The molecule has 29 heavy (non-hydrogen) atoms. The summed E-state index contributed by atoms with van der Waals surface area (Å²) in [5, 5.41) is 6.46. The Balaban J connectivity index is 1.55. The maximum Gasteiger partial charge on any atom is 0.272 e. The molecule has 0 radical (unpaired) electrons. The van der Waals surface area contributed by atoms with Crippen LogP contribution in [0.4, 0.5) is 5.82 Å². The number of nitrogen functional groups attached to an aromatic ring is 1. The zero-order valence-electron chi connectivity index (χ0n) is 16.4. The lowest BCUT2D eigenvalue weighted by atomic mass is 9.73. The number of hydrogen-bond acceptors (Lipinski definition) is 6. The molecule has 2 aliphatic rings. The van der Waals surface area contributed by atoms with Crippen LogP contribution in [0.2, 0.25) is 0 Å². The molecule has 3 N–H and O–H groups in total. The Bertz CT molecular complexity index is 900. The fourth-order valence-electron chi connectivity index (χ4n) is 4.04. The average Bonchev–Trinajstić information content (AvgIpc) is 3.16. The number of likely N-dealkylation sites (tertiary alicyclic amines) is 1. The predicted molar refractivity (Wildman–Crippen MR) is 105 cm³/mol. The van der Waals surface area contributed by atoms with Gasteiger partial charge in [0.2, 0.25) is 5.91 Å². The van der Waals surface area contributed by atoms with Gasteiger partial charge >= 0.3 is 0 Å². The monoisotopic (exact) mass is 399 g/mol. The first-order valence-corrected chi connectivity index (χ1v) is 9.61. The van der Waals surface area contributed by atoms with E-state index in [1.807, 2.05) is 29.2 Å². The third kappa shape index (κ3) is 3.77. The van der Waals surface area contributed by atoms with Crippen molar-refractivity contribution >= 4 is 17.6 Å². The maximum absolute atomic E-state index is 13.4. The number of ether oxygens (including phenoxy) is 2. The number of methoxy groups -OCH3 is 1. The first-order chi connectivity index (χ1) is 14.0. The zero-order valence-corrected chi connectivity index (χ0v) is 16.4. The van der Waals surface area contributed by atoms with Crippen LogP contribution in [0, 0.1) is 5.41 Å². The summed E-state index contributed by atoms with van der Waals surface area (Å²) in [7, 11) is 1.62. The van der Waals surface area contributed by atoms with Gasteiger partial charge in [0.1, 0.15) is 17.3 Å². The van der Waals surface area contributed by atoms with Gasteiger partial charge in [-0.2, -0.15) is 5.10 Å². The zero-order chi connectivity index (χ0) is 20.4. The minimum absolute atomic E-state index is 0.0665. The average molecular weight is 399 g/mol. The van der Waals surface area contributed by atoms with E-state index in [2.05, 4.69) is 10.2 Å². The molecule has 3 heterocycles. The van der Waals surface area contributed by atoms with Crippen molar-refractivity contribution in [1.82, 2.24) is 20.0 Å². The highest BCUT2D eigenvalue weighted by molar-refractivity contribution is 5.96. The van der Waals surface area contributed by atoms with Crippen LogP contribution in [-0.2, 0) is 16.0 Å². The predicted octanol–water partition coefficient (Wildman–Crippen LogP) is 0.544. The van der Waals surface area contributed by atoms with Crippen LogP contribution >= 0.6 is 0 Å². The minimum atomic E-state index is -0.662. The maximum atomic E-state index is 13.4. The van der Waals surface area contributed by atoms with Crippen molar-refractivity contribution in [2.45, 2.75) is 6.42 Å². The molecule has 0 spiro atoms. The number of aromatic amines is 1. The van der Waals surface area contributed by atoms with Crippen molar-refractivity contribution in [1.29, 1.82) is 0 Å². The number of benzene rings is 1. The smallest absolute Gasteiger partial charge is 0.272 e. The summed E-state index contributed by atoms with van der Waals surface area (Å²) in [6, 6.07) is 9.22. The fraction of sp³-hybridized carbons (Fsp3) is 0.450. The lowest BCUT2D eigenvalue weighted by Gasteiger charge is -2.51. The highest BCUT2D eigenvalue weighted by Gasteiger charge is 2.52. The number of nitrogens with one attached hydrogen (secondary N) is 1. The number of H-pyrrole nitrogens is 1. The molecule has 4 rings (SSSR count). The van der Waals surface area contributed by atoms with Crippen molar-refractivity contribution in [3.8, 4) is 5.75 Å². The number of anilines is 1. The number of aromatic nitrogens is 2. The topological polar surface area (TPSA) is 114 Å². The highest BCUT2D eigenvalue weighted by atomic mass is 16.5. The second-order valence-electron chi connectivity index (χ2n) is 7.58. The molecule has 1 aromatic carbocycles. The van der Waals surface area contributed by atoms with Crippen LogP contribution < -0.4 is 10.5 Å². The van der Waals surface area contributed by atoms with E-state index in [0.29, 0.717) is 51.5 Å². The molecule has 0 saturated carbocycles. The Morgan fingerprint density at radius 3 is 2.66 bits per heavy atom. The number of rotatable bonds is 5. The van der Waals surface area contributed by atoms with Crippen molar-refractivity contribution in [3.05, 3.63) is 41.6 Å². The molecule has 9 nitrogen and oxygen atoms in total. The number of hydrogen-bond donors (Lipinski definition) is 2. The quantitative estimate of drug-likeness (QED) is 0.759. The second kappa shape index (κ2) is 7.75. The van der Waals surface area contributed by atoms with Crippen LogP contribution in [0.3, 0.4) is 0 Å². The van der Waals surface area contributed by atoms with E-state index in [-0.39, 0.29) is 17.6 Å². The van der Waals surface area contributed by atoms with E-state index in [0.717, 1.165) is 11.3 Å². The Morgan fingerprint density at radius 2 is 2.00 bits per heavy atom. The normalized spacial score (nSPS) is 18.2. The van der Waals surface area contributed by atoms with E-state index in [1.54, 1.807) is 12.0 Å². The lowest BCUT2D eigenvalue weighted by Crippen LogP contribution is -2.66. The van der Waals surface area contributed by atoms with Crippen molar-refractivity contribution in [3.63, 3.8) is 0 Å². The third-order valence-electron chi connectivity index (χ3n) is 5.53. The molecular formula is C20H25N5O4. The van der Waals surface area contributed by atoms with E-state index in [1.165, 1.54) is 6.07 Å². The summed E-state index contributed by atoms with van der Waals surface area (Å²) in [5.74, 6) is 0.875. The molecule has 0 aliphatic carbocycles. The largest absolute Gasteiger partial charge is 0.497 e. The molecule has 2 amide bonds. The van der Waals surface area contributed by atoms with Gasteiger partial charge in [0.25, 0.3) is 5.91 Å². The van der Waals surface area contributed by atoms with Crippen LogP contribution in [0.1, 0.15) is 16.1 Å². The molecule has 2 saturated heterocycles. The van der Waals surface area contributed by atoms with Gasteiger partial charge in [0.05, 0.1) is 25.7 Å². The summed E-state index contributed by atoms with van der Waals surface area (Å²) < 4.78 is 10.7. The Labute approximate surface area is 168 Å². The van der Waals surface area contributed by atoms with E-state index < -0.39 is 5.41 Å². The molecule has 1 aromatic heterocycles. The minimum Gasteiger partial charge on any atom is -0.497 e. The summed E-state index contributed by atoms with van der Waals surface area (Å²) >= 11 is 0. The van der Waals surface area contributed by atoms with Gasteiger partial charge in [0, 0.05) is 32.2 Å². The first kappa shape index (κ1) is 19.3. The van der Waals surface area contributed by atoms with E-state index in [4.69, 9.17) is 15.2 Å². The van der Waals surface area contributed by atoms with Crippen LogP contribution in [-0.4, -0.2) is 78.3 Å². The molecule has 0 atom stereocenters. The summed E-state index contributed by atoms with van der Waals surface area (Å²) in [4.78, 5) is 29.7. The van der Waals surface area contributed by atoms with Crippen LogP contribution in [0.15, 0.2) is 30.3 Å². The molecule has 2 aliphatic heterocycles. The van der Waals surface area contributed by atoms with Crippen LogP contribution in [0.25, 0.3) is 0 Å². The van der Waals surface area contributed by atoms with Crippen molar-refractivity contribution < 1.29 is 19.1 Å². The molecular weight excluding hydrogens is 374 g/mol. The lowest BCUT2D eigenvalue weighted by molar-refractivity contribution is -0.155. The number of nitrogens with zero attached hydrogens (tertiary/aromatic N) is 3. The first-order valence-electron chi connectivity index (χ1n) is 9.61. The van der Waals surface area contributed by atoms with Gasteiger partial charge in [-0.25, -0.2) is 0 Å².